The van der Waals surface area contributed by atoms with Gasteiger partial charge in [-0.25, -0.2) is 4.98 Å². The lowest BCUT2D eigenvalue weighted by Crippen LogP contribution is -2.42. The summed E-state index contributed by atoms with van der Waals surface area (Å²) in [5.74, 6) is 0.569. The Kier molecular flexibility index (Phi) is 6.94. The molecule has 6 nitrogen and oxygen atoms in total. The number of rotatable bonds is 7. The zero-order valence-corrected chi connectivity index (χ0v) is 18.0. The first kappa shape index (κ1) is 21.1. The summed E-state index contributed by atoms with van der Waals surface area (Å²) >= 11 is 1.45. The number of nitrogens with zero attached hydrogens (tertiary/aromatic N) is 2. The predicted molar refractivity (Wildman–Crippen MR) is 120 cm³/mol. The van der Waals surface area contributed by atoms with Crippen LogP contribution in [0.1, 0.15) is 33.6 Å². The van der Waals surface area contributed by atoms with Gasteiger partial charge in [0.1, 0.15) is 6.61 Å². The average Bonchev–Trinajstić information content (AvgIpc) is 3.37. The lowest BCUT2D eigenvalue weighted by molar-refractivity contribution is -0.126. The van der Waals surface area contributed by atoms with Crippen LogP contribution in [0.15, 0.2) is 66.2 Å². The normalized spacial score (nSPS) is 14.3. The van der Waals surface area contributed by atoms with Crippen molar-refractivity contribution in [1.29, 1.82) is 0 Å². The lowest BCUT2D eigenvalue weighted by atomic mass is 9.95. The zero-order chi connectivity index (χ0) is 21.5. The van der Waals surface area contributed by atoms with E-state index in [1.807, 2.05) is 64.9 Å². The van der Waals surface area contributed by atoms with Crippen molar-refractivity contribution in [1.82, 2.24) is 15.2 Å². The van der Waals surface area contributed by atoms with E-state index in [1.54, 1.807) is 6.20 Å². The fraction of sp³-hybridized carbons (Fsp3) is 0.292. The Morgan fingerprint density at radius 3 is 2.61 bits per heavy atom. The molecule has 0 radical (unpaired) electrons. The third-order valence-corrected chi connectivity index (χ3v) is 6.24. The molecule has 0 bridgehead atoms. The number of carbonyl (C=O) groups is 2. The van der Waals surface area contributed by atoms with Crippen LogP contribution in [0, 0.1) is 5.92 Å². The molecule has 31 heavy (non-hydrogen) atoms. The molecular formula is C24H25N3O3S. The van der Waals surface area contributed by atoms with Crippen molar-refractivity contribution in [2.24, 2.45) is 5.92 Å². The number of thiophene rings is 1. The number of likely N-dealkylation sites (tertiary alicyclic amines) is 1. The summed E-state index contributed by atoms with van der Waals surface area (Å²) in [6, 6.07) is 17.4. The van der Waals surface area contributed by atoms with Gasteiger partial charge in [-0.15, -0.1) is 11.3 Å². The first-order chi connectivity index (χ1) is 15.2. The van der Waals surface area contributed by atoms with Gasteiger partial charge in [0.25, 0.3) is 5.91 Å². The zero-order valence-electron chi connectivity index (χ0n) is 17.2. The largest absolute Gasteiger partial charge is 0.473 e. The van der Waals surface area contributed by atoms with Crippen LogP contribution < -0.4 is 10.1 Å². The number of benzene rings is 1. The van der Waals surface area contributed by atoms with Crippen LogP contribution in [0.4, 0.5) is 0 Å². The van der Waals surface area contributed by atoms with Gasteiger partial charge in [0.2, 0.25) is 11.8 Å². The maximum atomic E-state index is 12.6. The minimum atomic E-state index is -0.0666. The standard InChI is InChI=1S/C24H25N3O3S/c28-23(20-9-12-27(13-10-20)24(29)21-7-4-14-31-21)26-16-19-8-11-25-22(15-19)30-17-18-5-2-1-3-6-18/h1-8,11,14-15,20H,9-10,12-13,16-17H2,(H,26,28). The van der Waals surface area contributed by atoms with Crippen LogP contribution in [-0.4, -0.2) is 34.8 Å². The van der Waals surface area contributed by atoms with Gasteiger partial charge in [0.15, 0.2) is 0 Å². The van der Waals surface area contributed by atoms with Crippen LogP contribution in [0.2, 0.25) is 0 Å². The number of piperidine rings is 1. The second kappa shape index (κ2) is 10.2. The Balaban J connectivity index is 1.23. The molecule has 0 aliphatic carbocycles. The number of pyridine rings is 1. The first-order valence-corrected chi connectivity index (χ1v) is 11.3. The van der Waals surface area contributed by atoms with Gasteiger partial charge < -0.3 is 15.0 Å². The number of ether oxygens (including phenoxy) is 1. The van der Waals surface area contributed by atoms with Crippen LogP contribution in [0.3, 0.4) is 0 Å². The number of nitrogens with one attached hydrogen (secondary N) is 1. The van der Waals surface area contributed by atoms with Gasteiger partial charge in [-0.2, -0.15) is 0 Å². The maximum Gasteiger partial charge on any atom is 0.263 e. The van der Waals surface area contributed by atoms with Crippen LogP contribution in [0.25, 0.3) is 0 Å². The van der Waals surface area contributed by atoms with Gasteiger partial charge in [-0.05, 0) is 41.5 Å². The fourth-order valence-corrected chi connectivity index (χ4v) is 4.30. The number of hydrogen-bond donors (Lipinski definition) is 1. The molecule has 0 unspecified atom stereocenters. The molecule has 1 saturated heterocycles. The molecule has 1 fully saturated rings. The summed E-state index contributed by atoms with van der Waals surface area (Å²) in [6.07, 6.45) is 3.06. The summed E-state index contributed by atoms with van der Waals surface area (Å²) in [7, 11) is 0. The van der Waals surface area contributed by atoms with Gasteiger partial charge in [-0.1, -0.05) is 36.4 Å². The second-order valence-corrected chi connectivity index (χ2v) is 8.49. The molecule has 1 N–H and O–H groups in total. The SMILES string of the molecule is O=C(NCc1ccnc(OCc2ccccc2)c1)C1CCN(C(=O)c2cccs2)CC1. The van der Waals surface area contributed by atoms with E-state index in [-0.39, 0.29) is 17.7 Å². The predicted octanol–water partition coefficient (Wildman–Crippen LogP) is 3.89. The van der Waals surface area contributed by atoms with Crippen molar-refractivity contribution in [3.8, 4) is 5.88 Å². The number of amides is 2. The van der Waals surface area contributed by atoms with Gasteiger partial charge >= 0.3 is 0 Å². The van der Waals surface area contributed by atoms with Crippen molar-refractivity contribution in [2.75, 3.05) is 13.1 Å². The quantitative estimate of drug-likeness (QED) is 0.611. The summed E-state index contributed by atoms with van der Waals surface area (Å²) in [6.45, 7) is 2.10. The van der Waals surface area contributed by atoms with E-state index < -0.39 is 0 Å². The van der Waals surface area contributed by atoms with E-state index >= 15 is 0 Å². The number of hydrogen-bond acceptors (Lipinski definition) is 5. The molecule has 2 aromatic heterocycles. The maximum absolute atomic E-state index is 12.6. The number of aromatic nitrogens is 1. The highest BCUT2D eigenvalue weighted by molar-refractivity contribution is 7.12. The summed E-state index contributed by atoms with van der Waals surface area (Å²) in [5, 5.41) is 4.93. The molecule has 1 aliphatic rings. The molecule has 4 rings (SSSR count). The molecule has 0 spiro atoms. The van der Waals surface area contributed by atoms with Crippen molar-refractivity contribution < 1.29 is 14.3 Å². The number of carbonyl (C=O) groups excluding carboxylic acids is 2. The Hall–Kier alpha value is -3.19. The Morgan fingerprint density at radius 2 is 1.87 bits per heavy atom. The molecule has 160 valence electrons. The Labute approximate surface area is 185 Å². The molecule has 3 aromatic rings. The van der Waals surface area contributed by atoms with Crippen molar-refractivity contribution in [2.45, 2.75) is 26.0 Å². The summed E-state index contributed by atoms with van der Waals surface area (Å²) < 4.78 is 5.76. The molecule has 3 heterocycles. The van der Waals surface area contributed by atoms with Crippen LogP contribution in [0.5, 0.6) is 5.88 Å². The Morgan fingerprint density at radius 1 is 1.06 bits per heavy atom. The van der Waals surface area contributed by atoms with Gasteiger partial charge in [0, 0.05) is 37.8 Å². The third kappa shape index (κ3) is 5.70. The second-order valence-electron chi connectivity index (χ2n) is 7.54. The van der Waals surface area contributed by atoms with Crippen molar-refractivity contribution in [3.05, 3.63) is 82.2 Å². The average molecular weight is 436 g/mol. The van der Waals surface area contributed by atoms with Crippen LogP contribution in [-0.2, 0) is 17.9 Å². The van der Waals surface area contributed by atoms with E-state index in [9.17, 15) is 9.59 Å². The highest BCUT2D eigenvalue weighted by Gasteiger charge is 2.28. The van der Waals surface area contributed by atoms with Crippen molar-refractivity contribution in [3.63, 3.8) is 0 Å². The molecule has 1 aromatic carbocycles. The molecule has 7 heteroatoms. The monoisotopic (exact) mass is 435 g/mol. The minimum absolute atomic E-state index is 0.0341. The fourth-order valence-electron chi connectivity index (χ4n) is 3.61. The van der Waals surface area contributed by atoms with Gasteiger partial charge in [-0.3, -0.25) is 9.59 Å². The molecule has 0 saturated carbocycles. The minimum Gasteiger partial charge on any atom is -0.473 e. The highest BCUT2D eigenvalue weighted by atomic mass is 32.1. The van der Waals surface area contributed by atoms with E-state index in [0.29, 0.717) is 45.0 Å². The molecule has 2 amide bonds. The first-order valence-electron chi connectivity index (χ1n) is 10.4. The molecule has 1 aliphatic heterocycles. The molecule has 0 atom stereocenters. The van der Waals surface area contributed by atoms with E-state index in [0.717, 1.165) is 16.0 Å². The summed E-state index contributed by atoms with van der Waals surface area (Å²) in [5.41, 5.74) is 2.02. The lowest BCUT2D eigenvalue weighted by Gasteiger charge is -2.31. The van der Waals surface area contributed by atoms with E-state index in [4.69, 9.17) is 4.74 Å². The summed E-state index contributed by atoms with van der Waals surface area (Å²) in [4.78, 5) is 31.9. The molecular weight excluding hydrogens is 410 g/mol. The van der Waals surface area contributed by atoms with Gasteiger partial charge in [0.05, 0.1) is 4.88 Å². The highest BCUT2D eigenvalue weighted by Crippen LogP contribution is 2.21. The van der Waals surface area contributed by atoms with E-state index in [1.165, 1.54) is 11.3 Å². The smallest absolute Gasteiger partial charge is 0.263 e. The Bertz CT molecular complexity index is 1000. The van der Waals surface area contributed by atoms with Crippen molar-refractivity contribution >= 4 is 23.2 Å². The topological polar surface area (TPSA) is 71.5 Å². The third-order valence-electron chi connectivity index (χ3n) is 5.38. The van der Waals surface area contributed by atoms with E-state index in [2.05, 4.69) is 10.3 Å². The van der Waals surface area contributed by atoms with Crippen LogP contribution >= 0.6 is 11.3 Å².